The maximum absolute atomic E-state index is 13.1. The number of hydrogen-bond donors (Lipinski definition) is 1. The number of fused-ring (bicyclic) bond motifs is 3. The molecule has 2 aliphatic carbocycles. The highest BCUT2D eigenvalue weighted by Gasteiger charge is 2.30. The molecule has 2 heterocycles. The van der Waals surface area contributed by atoms with Crippen LogP contribution in [-0.2, 0) is 19.4 Å². The number of aryl methyl sites for hydroxylation is 2. The van der Waals surface area contributed by atoms with Crippen molar-refractivity contribution in [3.8, 4) is 0 Å². The second kappa shape index (κ2) is 6.36. The molecule has 0 aromatic carbocycles. The van der Waals surface area contributed by atoms with Crippen LogP contribution in [0.4, 0.5) is 0 Å². The van der Waals surface area contributed by atoms with Gasteiger partial charge >= 0.3 is 0 Å². The van der Waals surface area contributed by atoms with E-state index in [-0.39, 0.29) is 5.56 Å². The van der Waals surface area contributed by atoms with E-state index in [0.717, 1.165) is 48.3 Å². The summed E-state index contributed by atoms with van der Waals surface area (Å²) in [5.74, 6) is 0.946. The molecular weight excluding hydrogens is 306 g/mol. The third-order valence-electron chi connectivity index (χ3n) is 5.00. The Bertz CT molecular complexity index is 773. The molecule has 4 rings (SSSR count). The molecule has 0 aliphatic heterocycles. The highest BCUT2D eigenvalue weighted by atomic mass is 32.1. The van der Waals surface area contributed by atoms with Crippen molar-refractivity contribution in [3.63, 3.8) is 0 Å². The van der Waals surface area contributed by atoms with Crippen LogP contribution in [0.25, 0.3) is 10.2 Å². The van der Waals surface area contributed by atoms with E-state index in [1.807, 2.05) is 4.57 Å². The van der Waals surface area contributed by atoms with Gasteiger partial charge in [0.25, 0.3) is 5.56 Å². The monoisotopic (exact) mass is 331 g/mol. The van der Waals surface area contributed by atoms with Crippen LogP contribution in [-0.4, -0.2) is 16.1 Å². The summed E-state index contributed by atoms with van der Waals surface area (Å²) in [6, 6.07) is 0.392. The van der Waals surface area contributed by atoms with Crippen LogP contribution in [0.2, 0.25) is 0 Å². The Morgan fingerprint density at radius 3 is 2.96 bits per heavy atom. The van der Waals surface area contributed by atoms with E-state index in [1.165, 1.54) is 36.1 Å². The molecule has 1 saturated carbocycles. The van der Waals surface area contributed by atoms with Gasteiger partial charge in [0.2, 0.25) is 0 Å². The molecule has 0 amide bonds. The SMILES string of the molecule is CCCCCNCc1nc2sc3c(c2c(=O)n1C1CC1)CCC3. The number of thiophene rings is 1. The standard InChI is InChI=1S/C18H25N3OS/c1-2-3-4-10-19-11-15-20-17-16(13-6-5-7-14(13)23-17)18(22)21(15)12-8-9-12/h12,19H,2-11H2,1H3. The van der Waals surface area contributed by atoms with Crippen molar-refractivity contribution in [1.82, 2.24) is 14.9 Å². The van der Waals surface area contributed by atoms with Crippen molar-refractivity contribution >= 4 is 21.6 Å². The highest BCUT2D eigenvalue weighted by Crippen LogP contribution is 2.38. The summed E-state index contributed by atoms with van der Waals surface area (Å²) in [5.41, 5.74) is 1.53. The largest absolute Gasteiger partial charge is 0.310 e. The van der Waals surface area contributed by atoms with Gasteiger partial charge in [-0.2, -0.15) is 0 Å². The smallest absolute Gasteiger partial charge is 0.262 e. The molecular formula is C18H25N3OS. The quantitative estimate of drug-likeness (QED) is 0.789. The molecule has 124 valence electrons. The Hall–Kier alpha value is -1.20. The van der Waals surface area contributed by atoms with Crippen molar-refractivity contribution in [2.24, 2.45) is 0 Å². The van der Waals surface area contributed by atoms with Gasteiger partial charge < -0.3 is 5.32 Å². The summed E-state index contributed by atoms with van der Waals surface area (Å²) in [4.78, 5) is 20.4. The molecule has 1 fully saturated rings. The van der Waals surface area contributed by atoms with Gasteiger partial charge in [-0.1, -0.05) is 19.8 Å². The van der Waals surface area contributed by atoms with E-state index in [4.69, 9.17) is 4.98 Å². The molecule has 0 unspecified atom stereocenters. The third kappa shape index (κ3) is 2.85. The summed E-state index contributed by atoms with van der Waals surface area (Å²) in [5, 5.41) is 4.42. The summed E-state index contributed by atoms with van der Waals surface area (Å²) in [6.45, 7) is 3.94. The van der Waals surface area contributed by atoms with Crippen LogP contribution in [0.15, 0.2) is 4.79 Å². The summed E-state index contributed by atoms with van der Waals surface area (Å²) >= 11 is 1.75. The van der Waals surface area contributed by atoms with Crippen molar-refractivity contribution in [2.45, 2.75) is 70.9 Å². The Labute approximate surface area is 140 Å². The molecule has 2 aromatic heterocycles. The highest BCUT2D eigenvalue weighted by molar-refractivity contribution is 7.18. The Morgan fingerprint density at radius 2 is 2.17 bits per heavy atom. The molecule has 0 radical (unpaired) electrons. The van der Waals surface area contributed by atoms with Gasteiger partial charge in [-0.25, -0.2) is 4.98 Å². The van der Waals surface area contributed by atoms with Crippen LogP contribution < -0.4 is 10.9 Å². The van der Waals surface area contributed by atoms with Crippen LogP contribution in [0.1, 0.15) is 67.8 Å². The van der Waals surface area contributed by atoms with Gasteiger partial charge in [0.1, 0.15) is 10.7 Å². The Kier molecular flexibility index (Phi) is 4.24. The fourth-order valence-corrected chi connectivity index (χ4v) is 4.90. The Morgan fingerprint density at radius 1 is 1.30 bits per heavy atom. The van der Waals surface area contributed by atoms with E-state index in [1.54, 1.807) is 11.3 Å². The van der Waals surface area contributed by atoms with Crippen LogP contribution in [0.5, 0.6) is 0 Å². The fourth-order valence-electron chi connectivity index (χ4n) is 3.63. The first-order chi connectivity index (χ1) is 11.3. The van der Waals surface area contributed by atoms with E-state index >= 15 is 0 Å². The number of nitrogens with one attached hydrogen (secondary N) is 1. The lowest BCUT2D eigenvalue weighted by Gasteiger charge is -2.12. The predicted octanol–water partition coefficient (Wildman–Crippen LogP) is 3.56. The van der Waals surface area contributed by atoms with Gasteiger partial charge in [0.05, 0.1) is 11.9 Å². The molecule has 0 spiro atoms. The molecule has 2 aliphatic rings. The van der Waals surface area contributed by atoms with Gasteiger partial charge in [-0.15, -0.1) is 11.3 Å². The first-order valence-electron chi connectivity index (χ1n) is 9.06. The van der Waals surface area contributed by atoms with E-state index in [0.29, 0.717) is 12.6 Å². The van der Waals surface area contributed by atoms with Crippen LogP contribution >= 0.6 is 11.3 Å². The minimum Gasteiger partial charge on any atom is -0.310 e. The molecule has 0 bridgehead atoms. The van der Waals surface area contributed by atoms with Crippen molar-refractivity contribution in [1.29, 1.82) is 0 Å². The Balaban J connectivity index is 1.66. The number of nitrogens with zero attached hydrogens (tertiary/aromatic N) is 2. The summed E-state index contributed by atoms with van der Waals surface area (Å²) < 4.78 is 2.00. The molecule has 1 N–H and O–H groups in total. The number of hydrogen-bond acceptors (Lipinski definition) is 4. The topological polar surface area (TPSA) is 46.9 Å². The van der Waals surface area contributed by atoms with E-state index < -0.39 is 0 Å². The van der Waals surface area contributed by atoms with Crippen molar-refractivity contribution in [2.75, 3.05) is 6.54 Å². The second-order valence-electron chi connectivity index (χ2n) is 6.86. The average Bonchev–Trinajstić information content (AvgIpc) is 3.15. The third-order valence-corrected chi connectivity index (χ3v) is 6.18. The molecule has 0 atom stereocenters. The van der Waals surface area contributed by atoms with Crippen molar-refractivity contribution in [3.05, 3.63) is 26.6 Å². The minimum atomic E-state index is 0.224. The van der Waals surface area contributed by atoms with E-state index in [2.05, 4.69) is 12.2 Å². The number of unbranched alkanes of at least 4 members (excludes halogenated alkanes) is 2. The fraction of sp³-hybridized carbons (Fsp3) is 0.667. The summed E-state index contributed by atoms with van der Waals surface area (Å²) in [6.07, 6.45) is 9.33. The van der Waals surface area contributed by atoms with Gasteiger partial charge in [-0.3, -0.25) is 9.36 Å². The average molecular weight is 331 g/mol. The first kappa shape index (κ1) is 15.3. The zero-order valence-corrected chi connectivity index (χ0v) is 14.7. The first-order valence-corrected chi connectivity index (χ1v) is 9.87. The maximum atomic E-state index is 13.1. The molecule has 0 saturated heterocycles. The molecule has 23 heavy (non-hydrogen) atoms. The lowest BCUT2D eigenvalue weighted by Crippen LogP contribution is -2.28. The minimum absolute atomic E-state index is 0.224. The van der Waals surface area contributed by atoms with Crippen molar-refractivity contribution < 1.29 is 0 Å². The van der Waals surface area contributed by atoms with Gasteiger partial charge in [0.15, 0.2) is 0 Å². The van der Waals surface area contributed by atoms with E-state index in [9.17, 15) is 4.79 Å². The maximum Gasteiger partial charge on any atom is 0.262 e. The molecule has 5 heteroatoms. The zero-order chi connectivity index (χ0) is 15.8. The lowest BCUT2D eigenvalue weighted by molar-refractivity contribution is 0.562. The van der Waals surface area contributed by atoms with Gasteiger partial charge in [0, 0.05) is 10.9 Å². The number of rotatable bonds is 7. The van der Waals surface area contributed by atoms with Gasteiger partial charge in [-0.05, 0) is 50.6 Å². The van der Waals surface area contributed by atoms with Crippen LogP contribution in [0, 0.1) is 0 Å². The normalized spacial score (nSPS) is 17.1. The van der Waals surface area contributed by atoms with Crippen LogP contribution in [0.3, 0.4) is 0 Å². The summed E-state index contributed by atoms with van der Waals surface area (Å²) in [7, 11) is 0. The predicted molar refractivity (Wildman–Crippen MR) is 95.4 cm³/mol. The zero-order valence-electron chi connectivity index (χ0n) is 13.9. The second-order valence-corrected chi connectivity index (χ2v) is 7.94. The lowest BCUT2D eigenvalue weighted by atomic mass is 10.2. The molecule has 2 aromatic rings. The number of aromatic nitrogens is 2. The molecule has 4 nitrogen and oxygen atoms in total.